The molecule has 1 aromatic heterocycles. The first-order valence-electron chi connectivity index (χ1n) is 33.0. The molecule has 4 rings (SSSR count). The number of unbranched alkanes of at least 4 members (excludes halogenated alkanes) is 1. The summed E-state index contributed by atoms with van der Waals surface area (Å²) in [5.41, 5.74) is 24.7. The molecule has 98 heavy (non-hydrogen) atoms. The number of rotatable bonds is 32. The molecule has 1 saturated heterocycles. The summed E-state index contributed by atoms with van der Waals surface area (Å²) >= 11 is 1.29. The minimum Gasteiger partial charge on any atom is -0.481 e. The van der Waals surface area contributed by atoms with Crippen LogP contribution in [0.15, 0.2) is 47.8 Å². The first-order valence-corrected chi connectivity index (χ1v) is 34.0. The number of primary amides is 1. The largest absolute Gasteiger partial charge is 0.481 e. The number of nitrogens with two attached hydrogens (primary N) is 4. The predicted molar refractivity (Wildman–Crippen MR) is 360 cm³/mol. The molecule has 0 saturated carbocycles. The van der Waals surface area contributed by atoms with E-state index in [-0.39, 0.29) is 81.3 Å². The van der Waals surface area contributed by atoms with Crippen LogP contribution >= 0.6 is 11.8 Å². The maximum Gasteiger partial charge on any atom is 0.305 e. The summed E-state index contributed by atoms with van der Waals surface area (Å²) in [6.07, 6.45) is -2.13. The average Bonchev–Trinajstić information content (AvgIpc) is 1.03. The summed E-state index contributed by atoms with van der Waals surface area (Å²) in [4.78, 5) is 213. The second-order valence-electron chi connectivity index (χ2n) is 25.7. The molecule has 2 aromatic rings. The molecule has 0 spiro atoms. The minimum atomic E-state index is -2.33. The van der Waals surface area contributed by atoms with E-state index in [1.54, 1.807) is 58.0 Å². The highest BCUT2D eigenvalue weighted by atomic mass is 32.2. The quantitative estimate of drug-likeness (QED) is 0.0340. The lowest BCUT2D eigenvalue weighted by atomic mass is 9.96. The van der Waals surface area contributed by atoms with Crippen LogP contribution in [0.5, 0.6) is 0 Å². The molecule has 0 radical (unpaired) electrons. The summed E-state index contributed by atoms with van der Waals surface area (Å²) < 4.78 is 0. The number of aliphatic imine (C=N–C) groups is 1. The number of nitrogens with one attached hydrogen (secondary N) is 10. The number of carbonyl (C=O) groups is 14. The molecule has 0 aliphatic carbocycles. The fourth-order valence-corrected chi connectivity index (χ4v) is 11.9. The van der Waals surface area contributed by atoms with Crippen LogP contribution in [-0.4, -0.2) is 204 Å². The van der Waals surface area contributed by atoms with Gasteiger partial charge in [-0.2, -0.15) is 0 Å². The van der Waals surface area contributed by atoms with E-state index in [0.717, 1.165) is 0 Å². The van der Waals surface area contributed by atoms with Crippen molar-refractivity contribution in [3.05, 3.63) is 54.1 Å². The van der Waals surface area contributed by atoms with Crippen LogP contribution in [0.4, 0.5) is 0 Å². The van der Waals surface area contributed by atoms with Crippen molar-refractivity contribution in [1.29, 1.82) is 0 Å². The summed E-state index contributed by atoms with van der Waals surface area (Å²) in [6, 6.07) is -10.9. The van der Waals surface area contributed by atoms with Gasteiger partial charge in [0, 0.05) is 36.9 Å². The monoisotopic (exact) mass is 1390 g/mol. The molecule has 34 heteroatoms. The van der Waals surface area contributed by atoms with Gasteiger partial charge in [-0.25, -0.2) is 4.98 Å². The van der Waals surface area contributed by atoms with Crippen molar-refractivity contribution in [3.8, 4) is 0 Å². The molecule has 13 atom stereocenters. The van der Waals surface area contributed by atoms with Gasteiger partial charge < -0.3 is 86.0 Å². The van der Waals surface area contributed by atoms with Crippen molar-refractivity contribution in [2.24, 2.45) is 51.6 Å². The lowest BCUT2D eigenvalue weighted by molar-refractivity contribution is -0.157. The van der Waals surface area contributed by atoms with E-state index in [4.69, 9.17) is 22.9 Å². The van der Waals surface area contributed by atoms with E-state index < -0.39 is 206 Å². The van der Waals surface area contributed by atoms with Crippen LogP contribution < -0.4 is 70.8 Å². The van der Waals surface area contributed by atoms with Gasteiger partial charge in [0.15, 0.2) is 0 Å². The highest BCUT2D eigenvalue weighted by Crippen LogP contribution is 2.24. The Morgan fingerprint density at radius 2 is 1.26 bits per heavy atom. The van der Waals surface area contributed by atoms with Crippen molar-refractivity contribution in [1.82, 2.24) is 62.7 Å². The third-order valence-electron chi connectivity index (χ3n) is 16.5. The number of carboxylic acid groups (broad SMARTS) is 2. The van der Waals surface area contributed by atoms with Crippen LogP contribution in [0.2, 0.25) is 0 Å². The van der Waals surface area contributed by atoms with Crippen molar-refractivity contribution < 1.29 is 77.3 Å². The first kappa shape index (κ1) is 81.5. The number of nitrogens with zero attached hydrogens (tertiary/aromatic N) is 3. The van der Waals surface area contributed by atoms with Gasteiger partial charge in [-0.15, -0.1) is 11.8 Å². The number of H-pyrrole nitrogens is 1. The number of hydrogen-bond acceptors (Lipinski definition) is 20. The number of carboxylic acids is 2. The lowest BCUT2D eigenvalue weighted by Gasteiger charge is -2.37. The molecule has 33 nitrogen and oxygen atoms in total. The van der Waals surface area contributed by atoms with Crippen molar-refractivity contribution in [2.75, 3.05) is 18.8 Å². The molecule has 20 N–H and O–H groups in total. The van der Waals surface area contributed by atoms with Crippen molar-refractivity contribution in [2.45, 2.75) is 211 Å². The van der Waals surface area contributed by atoms with E-state index in [1.165, 1.54) is 38.1 Å². The topological polar surface area (TPSA) is 536 Å². The third-order valence-corrected chi connectivity index (χ3v) is 17.7. The van der Waals surface area contributed by atoms with E-state index in [1.807, 2.05) is 13.8 Å². The number of aromatic nitrogens is 2. The van der Waals surface area contributed by atoms with Gasteiger partial charge in [0.1, 0.15) is 66.5 Å². The maximum atomic E-state index is 15.9. The summed E-state index contributed by atoms with van der Waals surface area (Å²) in [5.74, 6) is -18.8. The standard InChI is InChI=1S/C64H99N17O16S/c1-9-35(8)52-61(95)76-41(25-36-16-11-10-12-17-36)56(90)74-42(26-37-29-69-31-70-37)57(91)75-43(28-49(85)86)58(92)77-44(27-47(67)82)63(96)81(46(19-13-14-22-65)60(94)72-38(18-15-23-66)53(87)80-52)64(97)51(34(6)7)79-54(88)39(20-21-48(83)84)71-55(89)40(24-32(2)3)73-59(93)45-30-98-62(78-45)50(68)33(4)5/h10-12,16-17,29,31-35,38-46,50-52H,9,13-15,18-28,30,65-66,68H2,1-8H3,(H2,67,82)(H,69,70)(H,71,89)(H,72,94)(H,73,93)(H,74,90)(H,75,91)(H,76,95)(H,77,92)(H,79,88)(H,80,87)(H,83,84)(H,85,86)/t35-,38+,39+,40-,41+,42-,43+,44-,45-,46-,50-,51-,52-/m0/s1. The van der Waals surface area contributed by atoms with Gasteiger partial charge in [0.25, 0.3) is 11.8 Å². The molecule has 2 aliphatic heterocycles. The highest BCUT2D eigenvalue weighted by Gasteiger charge is 2.46. The molecule has 12 amide bonds. The normalized spacial score (nSPS) is 22.5. The number of amides is 12. The number of benzene rings is 1. The zero-order valence-corrected chi connectivity index (χ0v) is 57.6. The van der Waals surface area contributed by atoms with Crippen molar-refractivity contribution in [3.63, 3.8) is 0 Å². The van der Waals surface area contributed by atoms with E-state index in [9.17, 15) is 63.0 Å². The summed E-state index contributed by atoms with van der Waals surface area (Å²) in [5, 5.41) is 43.6. The molecular weight excluding hydrogens is 1290 g/mol. The van der Waals surface area contributed by atoms with Gasteiger partial charge in [0.2, 0.25) is 59.1 Å². The van der Waals surface area contributed by atoms with Crippen LogP contribution in [0.25, 0.3) is 0 Å². The molecular formula is C64H99N17O16S. The zero-order chi connectivity index (χ0) is 73.1. The molecule has 1 fully saturated rings. The van der Waals surface area contributed by atoms with Crippen LogP contribution in [0.1, 0.15) is 137 Å². The van der Waals surface area contributed by atoms with Crippen LogP contribution in [0, 0.1) is 23.7 Å². The molecule has 0 unspecified atom stereocenters. The SMILES string of the molecule is CC[C@H](C)[C@@H]1NC(=O)[C@@H](CCCN)NC(=O)[C@H](CCCCN)N(C(=O)[C@@H](NC(=O)[C@@H](CCC(=O)O)NC(=O)[C@H](CC(C)C)NC(=O)[C@@H]2CSC([C@@H](N)C(C)C)=N2)C(C)C)C(=O)[C@H](CC(N)=O)NC(=O)[C@@H](CC(=O)O)NC(=O)[C@H](Cc2cnc[nH]2)NC(=O)[C@@H](Cc2ccccc2)NC1=O. The Balaban J connectivity index is 1.97. The van der Waals surface area contributed by atoms with Gasteiger partial charge in [-0.1, -0.05) is 92.1 Å². The van der Waals surface area contributed by atoms with Gasteiger partial charge in [0.05, 0.1) is 30.3 Å². The number of thioether (sulfide) groups is 1. The number of hydrogen-bond donors (Lipinski definition) is 16. The smallest absolute Gasteiger partial charge is 0.305 e. The molecule has 1 aromatic carbocycles. The molecule has 2 aliphatic rings. The van der Waals surface area contributed by atoms with E-state index in [0.29, 0.717) is 15.5 Å². The Kier molecular flexibility index (Phi) is 33.4. The molecule has 542 valence electrons. The number of aliphatic carboxylic acids is 2. The number of imidazole rings is 1. The van der Waals surface area contributed by atoms with Gasteiger partial charge in [-0.3, -0.25) is 77.0 Å². The Morgan fingerprint density at radius 3 is 1.83 bits per heavy atom. The fourth-order valence-electron chi connectivity index (χ4n) is 10.7. The maximum absolute atomic E-state index is 15.9. The average molecular weight is 1390 g/mol. The van der Waals surface area contributed by atoms with Crippen molar-refractivity contribution >= 4 is 99.6 Å². The Labute approximate surface area is 573 Å². The fraction of sp³-hybridized carbons (Fsp3) is 0.625. The van der Waals surface area contributed by atoms with Crippen LogP contribution in [-0.2, 0) is 80.0 Å². The summed E-state index contributed by atoms with van der Waals surface area (Å²) in [6.45, 7) is 13.4. The van der Waals surface area contributed by atoms with Gasteiger partial charge >= 0.3 is 11.9 Å². The number of imide groups is 1. The minimum absolute atomic E-state index is 0.00356. The lowest BCUT2D eigenvalue weighted by Crippen LogP contribution is -2.65. The highest BCUT2D eigenvalue weighted by molar-refractivity contribution is 8.14. The van der Waals surface area contributed by atoms with E-state index >= 15 is 14.4 Å². The number of carbonyl (C=O) groups excluding carboxylic acids is 12. The number of aromatic amines is 1. The van der Waals surface area contributed by atoms with Gasteiger partial charge in [-0.05, 0) is 87.3 Å². The molecule has 3 heterocycles. The second kappa shape index (κ2) is 40.1. The molecule has 0 bridgehead atoms. The predicted octanol–water partition coefficient (Wildman–Crippen LogP) is -2.38. The first-order chi connectivity index (χ1) is 46.3. The van der Waals surface area contributed by atoms with Crippen LogP contribution in [0.3, 0.4) is 0 Å². The Hall–Kier alpha value is -8.89. The zero-order valence-electron chi connectivity index (χ0n) is 56.8. The Morgan fingerprint density at radius 1 is 0.663 bits per heavy atom. The third kappa shape index (κ3) is 25.5. The Bertz CT molecular complexity index is 3140. The summed E-state index contributed by atoms with van der Waals surface area (Å²) in [7, 11) is 0. The second-order valence-corrected chi connectivity index (χ2v) is 26.7. The van der Waals surface area contributed by atoms with E-state index in [2.05, 4.69) is 62.8 Å².